The number of aromatic amines is 1. The number of carbonyl (C=O) groups excluding carboxylic acids is 1. The summed E-state index contributed by atoms with van der Waals surface area (Å²) in [4.78, 5) is 14.5. The van der Waals surface area contributed by atoms with Gasteiger partial charge in [0.15, 0.2) is 0 Å². The average molecular weight is 449 g/mol. The lowest BCUT2D eigenvalue weighted by molar-refractivity contribution is -0.00447. The zero-order chi connectivity index (χ0) is 30.9. The number of benzene rings is 1. The van der Waals surface area contributed by atoms with Gasteiger partial charge in [0.05, 0.1) is 46.2 Å². The van der Waals surface area contributed by atoms with Crippen molar-refractivity contribution in [2.45, 2.75) is 6.37 Å². The van der Waals surface area contributed by atoms with E-state index in [1.807, 2.05) is 0 Å². The number of aryl methyl sites for hydroxylation is 1. The molecule has 0 saturated heterocycles. The van der Waals surface area contributed by atoms with Crippen LogP contribution in [-0.4, -0.2) is 96.5 Å². The van der Waals surface area contributed by atoms with Crippen molar-refractivity contribution in [2.75, 3.05) is 80.4 Å². The molecule has 1 heterocycles. The van der Waals surface area contributed by atoms with Gasteiger partial charge in [0.2, 0.25) is 0 Å². The van der Waals surface area contributed by atoms with E-state index in [1.165, 1.54) is 18.2 Å². The molecule has 0 unspecified atom stereocenters. The van der Waals surface area contributed by atoms with E-state index < -0.39 is 43.4 Å². The smallest absolute Gasteiger partial charge is 0.432 e. The molecule has 0 spiro atoms. The van der Waals surface area contributed by atoms with Gasteiger partial charge in [-0.1, -0.05) is 6.07 Å². The highest BCUT2D eigenvalue weighted by Gasteiger charge is 2.14. The topological polar surface area (TPSA) is 91.5 Å². The number of rotatable bonds is 16. The van der Waals surface area contributed by atoms with Crippen molar-refractivity contribution in [2.24, 2.45) is 0 Å². The monoisotopic (exact) mass is 448 g/mol. The lowest BCUT2D eigenvalue weighted by Crippen LogP contribution is -2.17. The summed E-state index contributed by atoms with van der Waals surface area (Å²) in [5, 5.41) is -0.103. The number of likely N-dealkylation sites (N-methyl/N-ethyl adjacent to an activating group) is 1. The van der Waals surface area contributed by atoms with Crippen LogP contribution < -0.4 is 4.74 Å². The van der Waals surface area contributed by atoms with Crippen molar-refractivity contribution in [3.63, 3.8) is 0 Å². The molecule has 1 aromatic heterocycles. The summed E-state index contributed by atoms with van der Waals surface area (Å²) in [7, 11) is 1.58. The van der Waals surface area contributed by atoms with Gasteiger partial charge in [0, 0.05) is 44.4 Å². The Labute approximate surface area is 197 Å². The molecule has 0 bridgehead atoms. The van der Waals surface area contributed by atoms with Gasteiger partial charge in [-0.15, -0.1) is 0 Å². The van der Waals surface area contributed by atoms with E-state index in [0.717, 1.165) is 6.20 Å². The Morgan fingerprint density at radius 1 is 1.03 bits per heavy atom. The molecule has 0 atom stereocenters. The molecular formula is C22H34N2O7. The molecule has 0 saturated carbocycles. The van der Waals surface area contributed by atoms with Crippen molar-refractivity contribution >= 4 is 17.1 Å². The second-order valence-electron chi connectivity index (χ2n) is 5.98. The number of nitrogens with zero attached hydrogens (tertiary/aromatic N) is 1. The summed E-state index contributed by atoms with van der Waals surface area (Å²) in [6, 6.07) is 4.25. The molecule has 174 valence electrons. The first-order valence-electron chi connectivity index (χ1n) is 14.5. The molecule has 9 heteroatoms. The van der Waals surface area contributed by atoms with E-state index in [0.29, 0.717) is 33.0 Å². The predicted octanol–water partition coefficient (Wildman–Crippen LogP) is 2.48. The van der Waals surface area contributed by atoms with Crippen LogP contribution in [0, 0.1) is 0 Å². The van der Waals surface area contributed by atoms with Crippen LogP contribution in [0.15, 0.2) is 24.4 Å². The first kappa shape index (κ1) is 14.1. The minimum absolute atomic E-state index is 0.0330. The summed E-state index contributed by atoms with van der Waals surface area (Å²) >= 11 is 0. The number of hydrogen-bond acceptors (Lipinski definition) is 8. The van der Waals surface area contributed by atoms with Gasteiger partial charge in [-0.05, 0) is 38.0 Å². The fraction of sp³-hybridized carbons (Fsp3) is 0.591. The van der Waals surface area contributed by atoms with Gasteiger partial charge in [0.1, 0.15) is 12.4 Å². The molecule has 1 N–H and O–H groups in total. The molecule has 0 aliphatic rings. The zero-order valence-corrected chi connectivity index (χ0v) is 17.3. The molecule has 1 aromatic carbocycles. The van der Waals surface area contributed by atoms with Gasteiger partial charge in [-0.2, -0.15) is 0 Å². The van der Waals surface area contributed by atoms with Crippen LogP contribution in [0.1, 0.15) is 19.3 Å². The number of H-pyrrole nitrogens is 1. The fourth-order valence-electron chi connectivity index (χ4n) is 2.44. The second-order valence-corrected chi connectivity index (χ2v) is 5.98. The third-order valence-electron chi connectivity index (χ3n) is 3.79. The quantitative estimate of drug-likeness (QED) is 0.238. The summed E-state index contributed by atoms with van der Waals surface area (Å²) in [5.41, 5.74) is -0.251. The van der Waals surface area contributed by atoms with Gasteiger partial charge in [-0.3, -0.25) is 0 Å². The van der Waals surface area contributed by atoms with Crippen LogP contribution in [-0.2, 0) is 30.1 Å². The summed E-state index contributed by atoms with van der Waals surface area (Å²) in [5.74, 6) is -0.222. The SMILES string of the molecule is [2H]C([2H])([2H])N(C([2H])([2H])[2H])C([2H])([2H])C([2H])([2H])c1c[nH]c2cccc(OC(=O)OCCOCCOCCOCCOC)c12. The molecule has 0 aliphatic heterocycles. The van der Waals surface area contributed by atoms with Crippen molar-refractivity contribution < 1.29 is 46.9 Å². The average Bonchev–Trinajstić information content (AvgIpc) is 3.28. The number of aromatic nitrogens is 1. The Hall–Kier alpha value is -2.17. The Bertz CT molecular complexity index is 1090. The van der Waals surface area contributed by atoms with Crippen LogP contribution in [0.4, 0.5) is 4.79 Å². The minimum atomic E-state index is -3.57. The fourth-order valence-corrected chi connectivity index (χ4v) is 2.44. The molecule has 0 radical (unpaired) electrons. The summed E-state index contributed by atoms with van der Waals surface area (Å²) in [6.07, 6.45) is -3.32. The van der Waals surface area contributed by atoms with Crippen LogP contribution in [0.3, 0.4) is 0 Å². The molecule has 0 amide bonds. The van der Waals surface area contributed by atoms with Gasteiger partial charge in [-0.25, -0.2) is 4.79 Å². The second kappa shape index (κ2) is 14.8. The normalized spacial score (nSPS) is 17.9. The van der Waals surface area contributed by atoms with Crippen molar-refractivity contribution in [3.8, 4) is 5.75 Å². The first-order chi connectivity index (χ1) is 19.0. The molecule has 0 fully saturated rings. The first-order valence-corrected chi connectivity index (χ1v) is 9.53. The Morgan fingerprint density at radius 3 is 2.39 bits per heavy atom. The lowest BCUT2D eigenvalue weighted by atomic mass is 10.1. The number of hydrogen-bond donors (Lipinski definition) is 1. The third kappa shape index (κ3) is 9.67. The molecule has 2 aromatic rings. The van der Waals surface area contributed by atoms with Gasteiger partial charge < -0.3 is 38.3 Å². The van der Waals surface area contributed by atoms with Gasteiger partial charge in [0.25, 0.3) is 0 Å². The van der Waals surface area contributed by atoms with E-state index in [-0.39, 0.29) is 36.5 Å². The van der Waals surface area contributed by atoms with Gasteiger partial charge >= 0.3 is 6.16 Å². The molecule has 31 heavy (non-hydrogen) atoms. The number of fused-ring (bicyclic) bond motifs is 1. The maximum atomic E-state index is 12.3. The van der Waals surface area contributed by atoms with E-state index in [9.17, 15) is 4.79 Å². The maximum absolute atomic E-state index is 12.3. The molecular weight excluding hydrogens is 404 g/mol. The molecule has 2 rings (SSSR count). The highest BCUT2D eigenvalue weighted by molar-refractivity contribution is 5.90. The largest absolute Gasteiger partial charge is 0.513 e. The molecule has 0 aliphatic carbocycles. The van der Waals surface area contributed by atoms with Crippen LogP contribution in [0.5, 0.6) is 5.75 Å². The minimum Gasteiger partial charge on any atom is -0.432 e. The van der Waals surface area contributed by atoms with E-state index >= 15 is 0 Å². The Balaban J connectivity index is 2.02. The number of methoxy groups -OCH3 is 1. The van der Waals surface area contributed by atoms with Crippen molar-refractivity contribution in [1.29, 1.82) is 0 Å². The lowest BCUT2D eigenvalue weighted by Gasteiger charge is -2.11. The van der Waals surface area contributed by atoms with Crippen molar-refractivity contribution in [3.05, 3.63) is 30.0 Å². The summed E-state index contributed by atoms with van der Waals surface area (Å²) < 4.78 is 110. The Morgan fingerprint density at radius 2 is 1.71 bits per heavy atom. The molecule has 9 nitrogen and oxygen atoms in total. The Kier molecular flexibility index (Phi) is 6.71. The zero-order valence-electron chi connectivity index (χ0n) is 27.3. The van der Waals surface area contributed by atoms with E-state index in [2.05, 4.69) is 4.98 Å². The number of nitrogens with one attached hydrogen (secondary N) is 1. The number of carbonyl (C=O) groups is 1. The van der Waals surface area contributed by atoms with E-state index in [4.69, 9.17) is 42.1 Å². The van der Waals surface area contributed by atoms with E-state index in [1.54, 1.807) is 7.11 Å². The van der Waals surface area contributed by atoms with Crippen LogP contribution >= 0.6 is 0 Å². The third-order valence-corrected chi connectivity index (χ3v) is 3.79. The van der Waals surface area contributed by atoms with Crippen molar-refractivity contribution in [1.82, 2.24) is 9.88 Å². The maximum Gasteiger partial charge on any atom is 0.513 e. The predicted molar refractivity (Wildman–Crippen MR) is 117 cm³/mol. The highest BCUT2D eigenvalue weighted by atomic mass is 16.7. The van der Waals surface area contributed by atoms with Crippen LogP contribution in [0.2, 0.25) is 0 Å². The summed E-state index contributed by atoms with van der Waals surface area (Å²) in [6.45, 7) is -8.43. The van der Waals surface area contributed by atoms with Crippen LogP contribution in [0.25, 0.3) is 10.9 Å². The number of ether oxygens (including phenoxy) is 6. The highest BCUT2D eigenvalue weighted by Crippen LogP contribution is 2.29. The standard InChI is InChI=1S/C22H34N2O7/c1-24(2)8-7-18-17-23-19-5-4-6-20(21(18)19)31-22(25)30-16-15-29-14-13-28-12-11-27-10-9-26-3/h4-6,17,23H,7-16H2,1-3H3/i1D3,2D3,7D2,8D2.